The van der Waals surface area contributed by atoms with Crippen LogP contribution in [0.15, 0.2) is 24.9 Å². The van der Waals surface area contributed by atoms with E-state index in [1.54, 1.807) is 11.1 Å². The lowest BCUT2D eigenvalue weighted by atomic mass is 10.1. The molecule has 1 aromatic rings. The minimum Gasteiger partial charge on any atom is -0.310 e. The Labute approximate surface area is 95.8 Å². The van der Waals surface area contributed by atoms with Crippen molar-refractivity contribution in [2.75, 3.05) is 11.4 Å². The van der Waals surface area contributed by atoms with E-state index < -0.39 is 0 Å². The van der Waals surface area contributed by atoms with Gasteiger partial charge in [-0.1, -0.05) is 6.08 Å². The molecule has 3 nitrogen and oxygen atoms in total. The lowest BCUT2D eigenvalue weighted by molar-refractivity contribution is -0.117. The summed E-state index contributed by atoms with van der Waals surface area (Å²) in [4.78, 5) is 17.9. The van der Waals surface area contributed by atoms with Crippen molar-refractivity contribution in [3.8, 4) is 0 Å². The van der Waals surface area contributed by atoms with E-state index in [0.717, 1.165) is 23.5 Å². The number of aryl methyl sites for hydroxylation is 2. The second-order valence-electron chi connectivity index (χ2n) is 4.30. The van der Waals surface area contributed by atoms with Crippen LogP contribution in [0.4, 0.5) is 5.69 Å². The van der Waals surface area contributed by atoms with Crippen molar-refractivity contribution in [1.29, 1.82) is 0 Å². The summed E-state index contributed by atoms with van der Waals surface area (Å²) in [6, 6.07) is 2.02. The standard InChI is InChI=1S/C13H16N2O/c1-4-11-6-13(16)15(8-11)12-5-9(2)10(3)14-7-12/h4-5,7,11H,1,6,8H2,2-3H3. The Balaban J connectivity index is 2.27. The van der Waals surface area contributed by atoms with Gasteiger partial charge in [0, 0.05) is 24.6 Å². The minimum atomic E-state index is 0.162. The summed E-state index contributed by atoms with van der Waals surface area (Å²) in [6.07, 6.45) is 4.19. The van der Waals surface area contributed by atoms with Gasteiger partial charge in [0.05, 0.1) is 11.9 Å². The Morgan fingerprint density at radius 3 is 2.88 bits per heavy atom. The van der Waals surface area contributed by atoms with Crippen LogP contribution in [0.2, 0.25) is 0 Å². The van der Waals surface area contributed by atoms with Gasteiger partial charge in [-0.2, -0.15) is 0 Å². The molecule has 1 aromatic heterocycles. The van der Waals surface area contributed by atoms with Gasteiger partial charge >= 0.3 is 0 Å². The molecule has 0 aromatic carbocycles. The number of rotatable bonds is 2. The fourth-order valence-electron chi connectivity index (χ4n) is 1.92. The molecule has 0 aliphatic carbocycles. The highest BCUT2D eigenvalue weighted by molar-refractivity contribution is 5.95. The van der Waals surface area contributed by atoms with E-state index in [1.807, 2.05) is 26.0 Å². The summed E-state index contributed by atoms with van der Waals surface area (Å²) >= 11 is 0. The molecule has 1 fully saturated rings. The van der Waals surface area contributed by atoms with Crippen LogP contribution in [-0.2, 0) is 4.79 Å². The van der Waals surface area contributed by atoms with E-state index in [4.69, 9.17) is 0 Å². The van der Waals surface area contributed by atoms with E-state index in [9.17, 15) is 4.79 Å². The third-order valence-electron chi connectivity index (χ3n) is 3.13. The first-order valence-electron chi connectivity index (χ1n) is 5.48. The van der Waals surface area contributed by atoms with Gasteiger partial charge < -0.3 is 4.90 Å². The molecule has 1 atom stereocenters. The third kappa shape index (κ3) is 1.85. The smallest absolute Gasteiger partial charge is 0.227 e. The molecule has 0 bridgehead atoms. The van der Waals surface area contributed by atoms with E-state index in [0.29, 0.717) is 6.42 Å². The summed E-state index contributed by atoms with van der Waals surface area (Å²) in [5.74, 6) is 0.434. The maximum atomic E-state index is 11.8. The van der Waals surface area contributed by atoms with Gasteiger partial charge in [-0.25, -0.2) is 0 Å². The minimum absolute atomic E-state index is 0.162. The van der Waals surface area contributed by atoms with Crippen LogP contribution in [0.25, 0.3) is 0 Å². The van der Waals surface area contributed by atoms with Gasteiger partial charge in [-0.05, 0) is 25.5 Å². The fraction of sp³-hybridized carbons (Fsp3) is 0.385. The van der Waals surface area contributed by atoms with E-state index >= 15 is 0 Å². The van der Waals surface area contributed by atoms with Crippen LogP contribution in [0.5, 0.6) is 0 Å². The summed E-state index contributed by atoms with van der Waals surface area (Å²) in [5, 5.41) is 0. The van der Waals surface area contributed by atoms with Crippen molar-refractivity contribution in [3.63, 3.8) is 0 Å². The first kappa shape index (κ1) is 10.9. The summed E-state index contributed by atoms with van der Waals surface area (Å²) in [7, 11) is 0. The number of hydrogen-bond acceptors (Lipinski definition) is 2. The molecule has 2 heterocycles. The van der Waals surface area contributed by atoms with Crippen LogP contribution in [-0.4, -0.2) is 17.4 Å². The molecule has 0 radical (unpaired) electrons. The van der Waals surface area contributed by atoms with Crippen molar-refractivity contribution in [1.82, 2.24) is 4.98 Å². The number of amides is 1. The SMILES string of the molecule is C=CC1CC(=O)N(c2cnc(C)c(C)c2)C1. The molecule has 1 aliphatic rings. The lowest BCUT2D eigenvalue weighted by Gasteiger charge is -2.16. The maximum absolute atomic E-state index is 11.8. The molecule has 0 saturated carbocycles. The summed E-state index contributed by atoms with van der Waals surface area (Å²) in [6.45, 7) is 8.45. The monoisotopic (exact) mass is 216 g/mol. The highest BCUT2D eigenvalue weighted by Gasteiger charge is 2.28. The van der Waals surface area contributed by atoms with Crippen LogP contribution < -0.4 is 4.90 Å². The highest BCUT2D eigenvalue weighted by atomic mass is 16.2. The molecule has 84 valence electrons. The predicted octanol–water partition coefficient (Wildman–Crippen LogP) is 2.24. The molecular formula is C13H16N2O. The average molecular weight is 216 g/mol. The molecule has 0 N–H and O–H groups in total. The normalized spacial score (nSPS) is 20.2. The topological polar surface area (TPSA) is 33.2 Å². The van der Waals surface area contributed by atoms with E-state index in [2.05, 4.69) is 11.6 Å². The molecule has 2 rings (SSSR count). The molecule has 0 spiro atoms. The quantitative estimate of drug-likeness (QED) is 0.710. The number of carbonyl (C=O) groups excluding carboxylic acids is 1. The number of pyridine rings is 1. The van der Waals surface area contributed by atoms with Crippen molar-refractivity contribution in [2.45, 2.75) is 20.3 Å². The molecule has 1 unspecified atom stereocenters. The molecule has 1 saturated heterocycles. The Kier molecular flexibility index (Phi) is 2.77. The van der Waals surface area contributed by atoms with Crippen LogP contribution in [0.3, 0.4) is 0 Å². The summed E-state index contributed by atoms with van der Waals surface area (Å²) < 4.78 is 0. The first-order chi connectivity index (χ1) is 7.61. The van der Waals surface area contributed by atoms with Crippen LogP contribution >= 0.6 is 0 Å². The Morgan fingerprint density at radius 2 is 2.31 bits per heavy atom. The second kappa shape index (κ2) is 4.08. The van der Waals surface area contributed by atoms with Crippen molar-refractivity contribution in [3.05, 3.63) is 36.2 Å². The Bertz CT molecular complexity index is 440. The number of nitrogens with zero attached hydrogens (tertiary/aromatic N) is 2. The van der Waals surface area contributed by atoms with Gasteiger partial charge in [0.1, 0.15) is 0 Å². The van der Waals surface area contributed by atoms with Crippen molar-refractivity contribution in [2.24, 2.45) is 5.92 Å². The fourth-order valence-corrected chi connectivity index (χ4v) is 1.92. The molecule has 1 aliphatic heterocycles. The largest absolute Gasteiger partial charge is 0.310 e. The zero-order valence-electron chi connectivity index (χ0n) is 9.73. The number of aromatic nitrogens is 1. The molecule has 1 amide bonds. The average Bonchev–Trinajstić information content (AvgIpc) is 2.64. The number of anilines is 1. The number of hydrogen-bond donors (Lipinski definition) is 0. The lowest BCUT2D eigenvalue weighted by Crippen LogP contribution is -2.24. The Hall–Kier alpha value is -1.64. The van der Waals surface area contributed by atoms with Gasteiger partial charge in [0.15, 0.2) is 0 Å². The number of carbonyl (C=O) groups is 1. The predicted molar refractivity (Wildman–Crippen MR) is 64.4 cm³/mol. The third-order valence-corrected chi connectivity index (χ3v) is 3.13. The summed E-state index contributed by atoms with van der Waals surface area (Å²) in [5.41, 5.74) is 3.03. The van der Waals surface area contributed by atoms with E-state index in [-0.39, 0.29) is 11.8 Å². The zero-order valence-corrected chi connectivity index (χ0v) is 9.73. The maximum Gasteiger partial charge on any atom is 0.227 e. The Morgan fingerprint density at radius 1 is 1.56 bits per heavy atom. The van der Waals surface area contributed by atoms with Gasteiger partial charge in [-0.3, -0.25) is 9.78 Å². The van der Waals surface area contributed by atoms with Gasteiger partial charge in [0.25, 0.3) is 0 Å². The molecular weight excluding hydrogens is 200 g/mol. The highest BCUT2D eigenvalue weighted by Crippen LogP contribution is 2.25. The van der Waals surface area contributed by atoms with Crippen molar-refractivity contribution < 1.29 is 4.79 Å². The van der Waals surface area contributed by atoms with Gasteiger partial charge in [0.2, 0.25) is 5.91 Å². The van der Waals surface area contributed by atoms with Crippen LogP contribution in [0.1, 0.15) is 17.7 Å². The van der Waals surface area contributed by atoms with Crippen molar-refractivity contribution >= 4 is 11.6 Å². The van der Waals surface area contributed by atoms with Crippen LogP contribution in [0, 0.1) is 19.8 Å². The zero-order chi connectivity index (χ0) is 11.7. The second-order valence-corrected chi connectivity index (χ2v) is 4.30. The molecule has 3 heteroatoms. The molecule has 16 heavy (non-hydrogen) atoms. The van der Waals surface area contributed by atoms with E-state index in [1.165, 1.54) is 0 Å². The van der Waals surface area contributed by atoms with Gasteiger partial charge in [-0.15, -0.1) is 6.58 Å². The first-order valence-corrected chi connectivity index (χ1v) is 5.48.